The Hall–Kier alpha value is -2.89. The van der Waals surface area contributed by atoms with Gasteiger partial charge < -0.3 is 14.2 Å². The summed E-state index contributed by atoms with van der Waals surface area (Å²) >= 11 is 0. The van der Waals surface area contributed by atoms with Crippen molar-refractivity contribution in [3.8, 4) is 0 Å². The molecule has 6 nitrogen and oxygen atoms in total. The van der Waals surface area contributed by atoms with E-state index in [9.17, 15) is 14.4 Å². The van der Waals surface area contributed by atoms with Crippen molar-refractivity contribution < 1.29 is 28.6 Å². The summed E-state index contributed by atoms with van der Waals surface area (Å²) in [5.41, 5.74) is 0. The second-order valence-electron chi connectivity index (χ2n) is 22.7. The molecule has 0 radical (unpaired) electrons. The fourth-order valence-electron chi connectivity index (χ4n) is 9.96. The van der Waals surface area contributed by atoms with Gasteiger partial charge in [-0.25, -0.2) is 0 Å². The van der Waals surface area contributed by atoms with Crippen molar-refractivity contribution in [2.24, 2.45) is 0 Å². The molecule has 6 heteroatoms. The SMILES string of the molecule is CC/C=C\C/C=C\C/C=C\C/C=C\CCCCCCC(=O)OC(COC(=O)CCCCCCCCC/C=C\CCCCCCCC)COC(=O)CCCCCCCCCCCCCCCCCCCCCCCCCCC. The van der Waals surface area contributed by atoms with E-state index in [1.165, 1.54) is 218 Å². The van der Waals surface area contributed by atoms with Gasteiger partial charge in [0.25, 0.3) is 0 Å². The molecule has 0 bridgehead atoms. The van der Waals surface area contributed by atoms with Crippen LogP contribution in [0.4, 0.5) is 0 Å². The number of esters is 3. The maximum Gasteiger partial charge on any atom is 0.306 e. The van der Waals surface area contributed by atoms with Gasteiger partial charge in [0.2, 0.25) is 0 Å². The van der Waals surface area contributed by atoms with Gasteiger partial charge in [-0.15, -0.1) is 0 Å². The summed E-state index contributed by atoms with van der Waals surface area (Å²) in [5.74, 6) is -0.890. The minimum Gasteiger partial charge on any atom is -0.462 e. The first-order chi connectivity index (χ1) is 38.0. The van der Waals surface area contributed by atoms with E-state index in [2.05, 4.69) is 81.5 Å². The molecule has 0 saturated heterocycles. The van der Waals surface area contributed by atoms with E-state index in [0.717, 1.165) is 96.3 Å². The number of allylic oxidation sites excluding steroid dienone is 10. The van der Waals surface area contributed by atoms with E-state index in [-0.39, 0.29) is 31.1 Å². The molecule has 1 atom stereocenters. The first-order valence-electron chi connectivity index (χ1n) is 33.8. The van der Waals surface area contributed by atoms with Crippen LogP contribution in [0.25, 0.3) is 0 Å². The minimum atomic E-state index is -0.789. The molecule has 0 aromatic rings. The molecule has 448 valence electrons. The topological polar surface area (TPSA) is 78.9 Å². The molecular weight excluding hydrogens is 949 g/mol. The molecule has 0 rings (SSSR count). The molecule has 0 N–H and O–H groups in total. The van der Waals surface area contributed by atoms with Crippen LogP contribution < -0.4 is 0 Å². The summed E-state index contributed by atoms with van der Waals surface area (Å²) in [5, 5.41) is 0. The number of carbonyl (C=O) groups excluding carboxylic acids is 3. The van der Waals surface area contributed by atoms with Crippen molar-refractivity contribution in [1.82, 2.24) is 0 Å². The van der Waals surface area contributed by atoms with Crippen molar-refractivity contribution >= 4 is 17.9 Å². The van der Waals surface area contributed by atoms with Gasteiger partial charge in [0.1, 0.15) is 13.2 Å². The number of unbranched alkanes of at least 4 members (excludes halogenated alkanes) is 41. The van der Waals surface area contributed by atoms with Gasteiger partial charge in [0.15, 0.2) is 6.10 Å². The van der Waals surface area contributed by atoms with Gasteiger partial charge in [0.05, 0.1) is 0 Å². The molecule has 0 aromatic carbocycles. The van der Waals surface area contributed by atoms with Gasteiger partial charge >= 0.3 is 17.9 Å². The Kier molecular flexibility index (Phi) is 63.2. The zero-order valence-corrected chi connectivity index (χ0v) is 51.5. The van der Waals surface area contributed by atoms with E-state index in [4.69, 9.17) is 14.2 Å². The third-order valence-corrected chi connectivity index (χ3v) is 15.0. The minimum absolute atomic E-state index is 0.0823. The van der Waals surface area contributed by atoms with Crippen LogP contribution in [0.2, 0.25) is 0 Å². The lowest BCUT2D eigenvalue weighted by molar-refractivity contribution is -0.167. The highest BCUT2D eigenvalue weighted by Crippen LogP contribution is 2.18. The smallest absolute Gasteiger partial charge is 0.306 e. The monoisotopic (exact) mass is 1080 g/mol. The number of rotatable bonds is 62. The number of hydrogen-bond donors (Lipinski definition) is 0. The largest absolute Gasteiger partial charge is 0.462 e. The third-order valence-electron chi connectivity index (χ3n) is 15.0. The van der Waals surface area contributed by atoms with Crippen LogP contribution in [0.3, 0.4) is 0 Å². The second kappa shape index (κ2) is 65.6. The first-order valence-corrected chi connectivity index (χ1v) is 33.8. The maximum atomic E-state index is 12.9. The Morgan fingerprint density at radius 3 is 0.805 bits per heavy atom. The summed E-state index contributed by atoms with van der Waals surface area (Å²) in [6.07, 6.45) is 83.8. The number of hydrogen-bond acceptors (Lipinski definition) is 6. The quantitative estimate of drug-likeness (QED) is 0.0261. The standard InChI is InChI=1S/C71H128O6/c1-4-7-10-13-16-19-22-25-28-31-32-33-34-35-36-37-38-41-43-46-49-52-55-58-61-64-70(73)76-67-68(77-71(74)65-62-59-56-53-50-47-44-40-30-27-24-21-18-15-12-9-6-3)66-75-69(72)63-60-57-54-51-48-45-42-39-29-26-23-20-17-14-11-8-5-2/h9,12,18,21,26-27,29-30,44,47,68H,4-8,10-11,13-17,19-20,22-25,28,31-43,45-46,48-67H2,1-3H3/b12-9-,21-18-,29-26-,30-27-,47-44-. The predicted molar refractivity (Wildman–Crippen MR) is 335 cm³/mol. The van der Waals surface area contributed by atoms with Crippen molar-refractivity contribution in [3.05, 3.63) is 60.8 Å². The molecule has 1 unspecified atom stereocenters. The Balaban J connectivity index is 4.31. The molecule has 0 saturated carbocycles. The molecule has 0 aromatic heterocycles. The average molecular weight is 1080 g/mol. The van der Waals surface area contributed by atoms with Gasteiger partial charge in [-0.1, -0.05) is 313 Å². The zero-order valence-electron chi connectivity index (χ0n) is 51.5. The highest BCUT2D eigenvalue weighted by Gasteiger charge is 2.19. The number of ether oxygens (including phenoxy) is 3. The Labute approximate surface area is 479 Å². The Morgan fingerprint density at radius 2 is 0.506 bits per heavy atom. The molecule has 0 aliphatic rings. The first kappa shape index (κ1) is 74.1. The Morgan fingerprint density at radius 1 is 0.273 bits per heavy atom. The summed E-state index contributed by atoms with van der Waals surface area (Å²) in [4.78, 5) is 38.4. The fraction of sp³-hybridized carbons (Fsp3) is 0.817. The molecule has 0 amide bonds. The summed E-state index contributed by atoms with van der Waals surface area (Å²) in [7, 11) is 0. The van der Waals surface area contributed by atoms with Crippen molar-refractivity contribution in [2.45, 2.75) is 361 Å². The second-order valence-corrected chi connectivity index (χ2v) is 22.7. The van der Waals surface area contributed by atoms with Crippen LogP contribution in [0.15, 0.2) is 60.8 Å². The summed E-state index contributed by atoms with van der Waals surface area (Å²) in [6.45, 7) is 6.56. The molecule has 0 fully saturated rings. The van der Waals surface area contributed by atoms with Crippen LogP contribution >= 0.6 is 0 Å². The van der Waals surface area contributed by atoms with Gasteiger partial charge in [-0.05, 0) is 83.5 Å². The molecular formula is C71H128O6. The lowest BCUT2D eigenvalue weighted by atomic mass is 10.0. The van der Waals surface area contributed by atoms with E-state index in [0.29, 0.717) is 19.3 Å². The van der Waals surface area contributed by atoms with Crippen molar-refractivity contribution in [2.75, 3.05) is 13.2 Å². The number of carbonyl (C=O) groups is 3. The summed E-state index contributed by atoms with van der Waals surface area (Å²) in [6, 6.07) is 0. The molecule has 77 heavy (non-hydrogen) atoms. The van der Waals surface area contributed by atoms with E-state index < -0.39 is 6.10 Å². The summed E-state index contributed by atoms with van der Waals surface area (Å²) < 4.78 is 16.9. The van der Waals surface area contributed by atoms with Crippen LogP contribution in [-0.4, -0.2) is 37.2 Å². The van der Waals surface area contributed by atoms with Crippen LogP contribution in [-0.2, 0) is 28.6 Å². The van der Waals surface area contributed by atoms with E-state index in [1.54, 1.807) is 0 Å². The lowest BCUT2D eigenvalue weighted by Crippen LogP contribution is -2.30. The molecule has 0 aliphatic heterocycles. The third kappa shape index (κ3) is 63.8. The maximum absolute atomic E-state index is 12.9. The predicted octanol–water partition coefficient (Wildman–Crippen LogP) is 23.1. The Bertz CT molecular complexity index is 1380. The van der Waals surface area contributed by atoms with Crippen LogP contribution in [0, 0.1) is 0 Å². The molecule has 0 spiro atoms. The van der Waals surface area contributed by atoms with E-state index in [1.807, 2.05) is 0 Å². The molecule has 0 heterocycles. The normalized spacial score (nSPS) is 12.4. The van der Waals surface area contributed by atoms with Crippen LogP contribution in [0.1, 0.15) is 355 Å². The van der Waals surface area contributed by atoms with Crippen LogP contribution in [0.5, 0.6) is 0 Å². The fourth-order valence-corrected chi connectivity index (χ4v) is 9.96. The molecule has 0 aliphatic carbocycles. The van der Waals surface area contributed by atoms with Gasteiger partial charge in [-0.2, -0.15) is 0 Å². The lowest BCUT2D eigenvalue weighted by Gasteiger charge is -2.18. The van der Waals surface area contributed by atoms with E-state index >= 15 is 0 Å². The highest BCUT2D eigenvalue weighted by atomic mass is 16.6. The highest BCUT2D eigenvalue weighted by molar-refractivity contribution is 5.71. The van der Waals surface area contributed by atoms with Crippen molar-refractivity contribution in [3.63, 3.8) is 0 Å². The average Bonchev–Trinajstić information content (AvgIpc) is 3.43. The van der Waals surface area contributed by atoms with Gasteiger partial charge in [-0.3, -0.25) is 14.4 Å². The van der Waals surface area contributed by atoms with Crippen molar-refractivity contribution in [1.29, 1.82) is 0 Å². The zero-order chi connectivity index (χ0) is 55.7. The van der Waals surface area contributed by atoms with Gasteiger partial charge in [0, 0.05) is 19.3 Å².